The number of thioether (sulfide) groups is 1. The van der Waals surface area contributed by atoms with Gasteiger partial charge in [0.2, 0.25) is 5.91 Å². The fraction of sp³-hybridized carbons (Fsp3) is 0.167. The van der Waals surface area contributed by atoms with Crippen molar-refractivity contribution in [1.29, 1.82) is 5.26 Å². The predicted octanol–water partition coefficient (Wildman–Crippen LogP) is 4.19. The van der Waals surface area contributed by atoms with E-state index in [2.05, 4.69) is 26.4 Å². The number of nitriles is 1. The normalized spacial score (nSPS) is 15.6. The monoisotopic (exact) mass is 555 g/mol. The molecule has 0 fully saturated rings. The highest BCUT2D eigenvalue weighted by molar-refractivity contribution is 8.03. The van der Waals surface area contributed by atoms with Gasteiger partial charge in [-0.05, 0) is 50.2 Å². The van der Waals surface area contributed by atoms with Crippen molar-refractivity contribution in [1.82, 2.24) is 10.3 Å². The van der Waals surface area contributed by atoms with Gasteiger partial charge in [-0.2, -0.15) is 5.26 Å². The van der Waals surface area contributed by atoms with Crippen LogP contribution in [0.2, 0.25) is 0 Å². The number of hydrogen-bond acceptors (Lipinski definition) is 10. The Kier molecular flexibility index (Phi) is 7.82. The molecule has 3 heterocycles. The smallest absolute Gasteiger partial charge is 0.263 e. The molecule has 3 N–H and O–H groups in total. The lowest BCUT2D eigenvalue weighted by molar-refractivity contribution is -0.114. The van der Waals surface area contributed by atoms with E-state index in [4.69, 9.17) is 4.42 Å². The van der Waals surface area contributed by atoms with Crippen molar-refractivity contribution in [3.05, 3.63) is 81.9 Å². The van der Waals surface area contributed by atoms with E-state index >= 15 is 0 Å². The van der Waals surface area contributed by atoms with Crippen LogP contribution in [0.15, 0.2) is 85.4 Å². The molecular weight excluding hydrogens is 534 g/mol. The number of carbonyl (C=O) groups is 2. The number of thiazole rings is 1. The number of Topliss-reactive ketones (excluding diaryl/α,β-unsaturated/α-hetero) is 1. The lowest BCUT2D eigenvalue weighted by Gasteiger charge is -2.27. The van der Waals surface area contributed by atoms with Gasteiger partial charge in [-0.25, -0.2) is 13.4 Å². The maximum Gasteiger partial charge on any atom is 0.263 e. The summed E-state index contributed by atoms with van der Waals surface area (Å²) in [5.41, 5.74) is 1.71. The number of ketones is 1. The first-order valence-corrected chi connectivity index (χ1v) is 14.2. The molecule has 1 amide bonds. The van der Waals surface area contributed by atoms with Crippen molar-refractivity contribution in [2.75, 3.05) is 15.8 Å². The van der Waals surface area contributed by atoms with Crippen molar-refractivity contribution in [2.24, 2.45) is 0 Å². The maximum absolute atomic E-state index is 12.6. The Balaban J connectivity index is 1.44. The molecule has 1 aliphatic rings. The minimum absolute atomic E-state index is 0.0257. The molecule has 10 nitrogen and oxygen atoms in total. The first-order valence-electron chi connectivity index (χ1n) is 10.8. The largest absolute Gasteiger partial charge is 0.468 e. The van der Waals surface area contributed by atoms with Crippen LogP contribution in [-0.4, -0.2) is 30.8 Å². The summed E-state index contributed by atoms with van der Waals surface area (Å²) >= 11 is 2.28. The zero-order valence-corrected chi connectivity index (χ0v) is 22.1. The highest BCUT2D eigenvalue weighted by Crippen LogP contribution is 2.40. The molecule has 0 saturated carbocycles. The van der Waals surface area contributed by atoms with Gasteiger partial charge < -0.3 is 15.1 Å². The average Bonchev–Trinajstić information content (AvgIpc) is 3.56. The lowest BCUT2D eigenvalue weighted by Crippen LogP contribution is -2.27. The highest BCUT2D eigenvalue weighted by Gasteiger charge is 2.35. The van der Waals surface area contributed by atoms with Gasteiger partial charge in [0.1, 0.15) is 5.76 Å². The Bertz CT molecular complexity index is 1520. The molecule has 0 bridgehead atoms. The standard InChI is InChI=1S/C24H21N5O5S3/c1-14-21(15(2)30)22(19-4-3-10-34-19)18(12-25)23(27-14)36-13-20(31)28-16-5-7-17(8-6-16)37(32,33)29-24-26-9-11-35-24/h3-11,22,27H,13H2,1-2H3,(H,26,29)(H,28,31)/t22-/m0/s1. The van der Waals surface area contributed by atoms with Gasteiger partial charge in [-0.1, -0.05) is 11.8 Å². The first-order chi connectivity index (χ1) is 17.7. The van der Waals surface area contributed by atoms with Crippen molar-refractivity contribution in [3.8, 4) is 6.07 Å². The molecule has 13 heteroatoms. The number of furan rings is 1. The zero-order valence-electron chi connectivity index (χ0n) is 19.6. The number of rotatable bonds is 9. The van der Waals surface area contributed by atoms with E-state index in [9.17, 15) is 23.3 Å². The third-order valence-corrected chi connectivity index (χ3v) is 8.49. The molecule has 37 heavy (non-hydrogen) atoms. The van der Waals surface area contributed by atoms with Gasteiger partial charge in [0.05, 0.1) is 39.5 Å². The summed E-state index contributed by atoms with van der Waals surface area (Å²) in [6.07, 6.45) is 2.97. The van der Waals surface area contributed by atoms with Gasteiger partial charge in [-0.3, -0.25) is 14.3 Å². The molecule has 4 rings (SSSR count). The fourth-order valence-electron chi connectivity index (χ4n) is 3.73. The number of sulfonamides is 1. The van der Waals surface area contributed by atoms with E-state index in [0.717, 1.165) is 23.1 Å². The second kappa shape index (κ2) is 11.0. The van der Waals surface area contributed by atoms with Gasteiger partial charge in [0.25, 0.3) is 10.0 Å². The second-order valence-electron chi connectivity index (χ2n) is 7.83. The SMILES string of the molecule is CC(=O)C1=C(C)NC(SCC(=O)Nc2ccc(S(=O)(=O)Nc3nccs3)cc2)=C(C#N)[C@H]1c1ccco1. The van der Waals surface area contributed by atoms with E-state index in [1.54, 1.807) is 24.4 Å². The lowest BCUT2D eigenvalue weighted by atomic mass is 9.84. The Labute approximate surface area is 221 Å². The van der Waals surface area contributed by atoms with Crippen molar-refractivity contribution >= 4 is 55.6 Å². The highest BCUT2D eigenvalue weighted by atomic mass is 32.2. The van der Waals surface area contributed by atoms with Crippen LogP contribution >= 0.6 is 23.1 Å². The van der Waals surface area contributed by atoms with E-state index in [1.165, 1.54) is 43.6 Å². The van der Waals surface area contributed by atoms with Crippen LogP contribution in [0.3, 0.4) is 0 Å². The minimum atomic E-state index is -3.80. The van der Waals surface area contributed by atoms with E-state index in [1.807, 2.05) is 0 Å². The van der Waals surface area contributed by atoms with Crippen molar-refractivity contribution in [2.45, 2.75) is 24.7 Å². The Morgan fingerprint density at radius 2 is 2.03 bits per heavy atom. The number of benzene rings is 1. The third kappa shape index (κ3) is 5.93. The van der Waals surface area contributed by atoms with E-state index in [-0.39, 0.29) is 33.0 Å². The van der Waals surface area contributed by atoms with Gasteiger partial charge in [-0.15, -0.1) is 11.3 Å². The topological polar surface area (TPSA) is 154 Å². The second-order valence-corrected chi connectivity index (χ2v) is 11.4. The molecule has 1 aromatic carbocycles. The molecule has 0 saturated heterocycles. The summed E-state index contributed by atoms with van der Waals surface area (Å²) in [5.74, 6) is -0.788. The third-order valence-electron chi connectivity index (χ3n) is 5.30. The summed E-state index contributed by atoms with van der Waals surface area (Å²) < 4.78 is 32.8. The van der Waals surface area contributed by atoms with E-state index in [0.29, 0.717) is 27.7 Å². The number of allylic oxidation sites excluding steroid dienone is 3. The molecule has 0 unspecified atom stereocenters. The van der Waals surface area contributed by atoms with Crippen molar-refractivity contribution < 1.29 is 22.4 Å². The molecule has 3 aromatic rings. The molecule has 2 aromatic heterocycles. The molecule has 190 valence electrons. The number of dihydropyridines is 1. The van der Waals surface area contributed by atoms with Crippen LogP contribution in [0.1, 0.15) is 25.5 Å². The van der Waals surface area contributed by atoms with Crippen LogP contribution in [0.25, 0.3) is 0 Å². The predicted molar refractivity (Wildman–Crippen MR) is 141 cm³/mol. The summed E-state index contributed by atoms with van der Waals surface area (Å²) in [5, 5.41) is 18.1. The summed E-state index contributed by atoms with van der Waals surface area (Å²) in [4.78, 5) is 28.9. The molecule has 0 aliphatic carbocycles. The molecule has 0 radical (unpaired) electrons. The maximum atomic E-state index is 12.6. The minimum Gasteiger partial charge on any atom is -0.468 e. The van der Waals surface area contributed by atoms with Crippen molar-refractivity contribution in [3.63, 3.8) is 0 Å². The Morgan fingerprint density at radius 3 is 2.62 bits per heavy atom. The number of aromatic nitrogens is 1. The van der Waals surface area contributed by atoms with Crippen LogP contribution < -0.4 is 15.4 Å². The quantitative estimate of drug-likeness (QED) is 0.352. The molecular formula is C24H21N5O5S3. The zero-order chi connectivity index (χ0) is 26.6. The number of hydrogen-bond donors (Lipinski definition) is 3. The van der Waals surface area contributed by atoms with Crippen LogP contribution in [0.4, 0.5) is 10.8 Å². The van der Waals surface area contributed by atoms with Gasteiger partial charge >= 0.3 is 0 Å². The van der Waals surface area contributed by atoms with E-state index < -0.39 is 15.9 Å². The van der Waals surface area contributed by atoms with Gasteiger partial charge in [0, 0.05) is 28.5 Å². The molecule has 0 spiro atoms. The molecule has 1 aliphatic heterocycles. The summed E-state index contributed by atoms with van der Waals surface area (Å²) in [6.45, 7) is 3.17. The summed E-state index contributed by atoms with van der Waals surface area (Å²) in [7, 11) is -3.80. The number of amides is 1. The van der Waals surface area contributed by atoms with Gasteiger partial charge in [0.15, 0.2) is 10.9 Å². The first kappa shape index (κ1) is 26.2. The summed E-state index contributed by atoms with van der Waals surface area (Å²) in [6, 6.07) is 11.3. The Hall–Kier alpha value is -3.86. The van der Waals surface area contributed by atoms with Crippen LogP contribution in [0.5, 0.6) is 0 Å². The fourth-order valence-corrected chi connectivity index (χ4v) is 6.41. The number of nitrogens with one attached hydrogen (secondary N) is 3. The Morgan fingerprint density at radius 1 is 1.27 bits per heavy atom. The molecule has 1 atom stereocenters. The number of carbonyl (C=O) groups excluding carboxylic acids is 2. The number of nitrogens with zero attached hydrogens (tertiary/aromatic N) is 2. The van der Waals surface area contributed by atoms with Crippen LogP contribution in [-0.2, 0) is 19.6 Å². The van der Waals surface area contributed by atoms with Crippen LogP contribution in [0, 0.1) is 11.3 Å². The average molecular weight is 556 g/mol. The number of anilines is 2.